The molecule has 1 fully saturated rings. The van der Waals surface area contributed by atoms with Crippen molar-refractivity contribution in [3.05, 3.63) is 0 Å². The van der Waals surface area contributed by atoms with Crippen molar-refractivity contribution >= 4 is 11.9 Å². The van der Waals surface area contributed by atoms with Crippen LogP contribution in [0, 0.1) is 0 Å². The normalized spacial score (nSPS) is 24.1. The van der Waals surface area contributed by atoms with E-state index in [0.29, 0.717) is 13.1 Å². The van der Waals surface area contributed by atoms with Crippen molar-refractivity contribution in [1.82, 2.24) is 10.2 Å². The second-order valence-electron chi connectivity index (χ2n) is 3.19. The fraction of sp³-hybridized carbons (Fsp3) is 0.750. The van der Waals surface area contributed by atoms with E-state index in [4.69, 9.17) is 5.11 Å². The lowest BCUT2D eigenvalue weighted by molar-refractivity contribution is -0.144. The molecule has 1 aliphatic rings. The molecule has 0 aliphatic carbocycles. The fourth-order valence-corrected chi connectivity index (χ4v) is 1.44. The molecule has 0 aromatic carbocycles. The summed E-state index contributed by atoms with van der Waals surface area (Å²) < 4.78 is 0. The Kier molecular flexibility index (Phi) is 3.25. The van der Waals surface area contributed by atoms with Gasteiger partial charge < -0.3 is 10.4 Å². The highest BCUT2D eigenvalue weighted by Gasteiger charge is 2.28. The Balaban J connectivity index is 2.52. The molecule has 13 heavy (non-hydrogen) atoms. The summed E-state index contributed by atoms with van der Waals surface area (Å²) in [5.74, 6) is -1.17. The van der Waals surface area contributed by atoms with Crippen molar-refractivity contribution in [3.8, 4) is 0 Å². The highest BCUT2D eigenvalue weighted by molar-refractivity contribution is 5.86. The number of carboxylic acids is 1. The standard InChI is InChI=1S/C8H14N2O3/c1-2-3-10-4-6(8(12)13)9-7(11)5-10/h6H,2-5H2,1H3,(H,9,11)(H,12,13). The van der Waals surface area contributed by atoms with Crippen LogP contribution < -0.4 is 5.32 Å². The lowest BCUT2D eigenvalue weighted by atomic mass is 10.2. The van der Waals surface area contributed by atoms with E-state index in [0.717, 1.165) is 13.0 Å². The lowest BCUT2D eigenvalue weighted by Crippen LogP contribution is -2.57. The SMILES string of the molecule is CCCN1CC(=O)NC(C(=O)O)C1. The van der Waals surface area contributed by atoms with Crippen LogP contribution >= 0.6 is 0 Å². The maximum absolute atomic E-state index is 11.0. The van der Waals surface area contributed by atoms with Gasteiger partial charge in [-0.05, 0) is 13.0 Å². The first kappa shape index (κ1) is 9.98. The number of aliphatic carboxylic acids is 1. The molecule has 0 aromatic heterocycles. The number of carbonyl (C=O) groups excluding carboxylic acids is 1. The Bertz CT molecular complexity index is 217. The molecule has 2 N–H and O–H groups in total. The maximum atomic E-state index is 11.0. The highest BCUT2D eigenvalue weighted by Crippen LogP contribution is 2.01. The average Bonchev–Trinajstić information content (AvgIpc) is 2.03. The van der Waals surface area contributed by atoms with E-state index in [9.17, 15) is 9.59 Å². The fourth-order valence-electron chi connectivity index (χ4n) is 1.44. The van der Waals surface area contributed by atoms with Crippen LogP contribution in [0.15, 0.2) is 0 Å². The van der Waals surface area contributed by atoms with Gasteiger partial charge >= 0.3 is 5.97 Å². The minimum Gasteiger partial charge on any atom is -0.480 e. The van der Waals surface area contributed by atoms with Crippen LogP contribution in [0.4, 0.5) is 0 Å². The van der Waals surface area contributed by atoms with Crippen molar-refractivity contribution in [2.45, 2.75) is 19.4 Å². The summed E-state index contributed by atoms with van der Waals surface area (Å²) in [5.41, 5.74) is 0. The smallest absolute Gasteiger partial charge is 0.327 e. The Hall–Kier alpha value is -1.10. The number of rotatable bonds is 3. The van der Waals surface area contributed by atoms with Gasteiger partial charge in [0.05, 0.1) is 6.54 Å². The molecule has 1 amide bonds. The second-order valence-corrected chi connectivity index (χ2v) is 3.19. The van der Waals surface area contributed by atoms with Crippen molar-refractivity contribution in [2.24, 2.45) is 0 Å². The van der Waals surface area contributed by atoms with Gasteiger partial charge in [0, 0.05) is 6.54 Å². The number of hydrogen-bond acceptors (Lipinski definition) is 3. The van der Waals surface area contributed by atoms with Gasteiger partial charge in [-0.25, -0.2) is 4.79 Å². The van der Waals surface area contributed by atoms with E-state index < -0.39 is 12.0 Å². The molecule has 0 bridgehead atoms. The number of nitrogens with one attached hydrogen (secondary N) is 1. The summed E-state index contributed by atoms with van der Waals surface area (Å²) in [4.78, 5) is 23.5. The Morgan fingerprint density at radius 2 is 2.46 bits per heavy atom. The van der Waals surface area contributed by atoms with Gasteiger partial charge in [-0.2, -0.15) is 0 Å². The van der Waals surface area contributed by atoms with E-state index >= 15 is 0 Å². The van der Waals surface area contributed by atoms with Crippen molar-refractivity contribution in [3.63, 3.8) is 0 Å². The van der Waals surface area contributed by atoms with E-state index in [1.165, 1.54) is 0 Å². The van der Waals surface area contributed by atoms with E-state index in [1.54, 1.807) is 0 Å². The molecular weight excluding hydrogens is 172 g/mol. The van der Waals surface area contributed by atoms with Crippen molar-refractivity contribution in [1.29, 1.82) is 0 Å². The first-order valence-electron chi connectivity index (χ1n) is 4.38. The largest absolute Gasteiger partial charge is 0.480 e. The molecule has 0 spiro atoms. The van der Waals surface area contributed by atoms with Gasteiger partial charge in [0.15, 0.2) is 0 Å². The number of carboxylic acid groups (broad SMARTS) is 1. The van der Waals surface area contributed by atoms with Gasteiger partial charge in [-0.3, -0.25) is 9.69 Å². The predicted octanol–water partition coefficient (Wildman–Crippen LogP) is -0.719. The van der Waals surface area contributed by atoms with E-state index in [1.807, 2.05) is 11.8 Å². The van der Waals surface area contributed by atoms with Gasteiger partial charge in [-0.1, -0.05) is 6.92 Å². The van der Waals surface area contributed by atoms with Crippen LogP contribution in [0.1, 0.15) is 13.3 Å². The summed E-state index contributed by atoms with van der Waals surface area (Å²) in [7, 11) is 0. The third kappa shape index (κ3) is 2.69. The predicted molar refractivity (Wildman–Crippen MR) is 46.3 cm³/mol. The first-order valence-corrected chi connectivity index (χ1v) is 4.38. The summed E-state index contributed by atoms with van der Waals surface area (Å²) in [5, 5.41) is 11.1. The molecule has 0 aromatic rings. The van der Waals surface area contributed by atoms with E-state index in [2.05, 4.69) is 5.32 Å². The summed E-state index contributed by atoms with van der Waals surface area (Å²) in [6, 6.07) is -0.743. The van der Waals surface area contributed by atoms with Crippen LogP contribution in [-0.4, -0.2) is 47.6 Å². The van der Waals surface area contributed by atoms with Crippen LogP contribution in [0.25, 0.3) is 0 Å². The average molecular weight is 186 g/mol. The molecule has 5 nitrogen and oxygen atoms in total. The molecule has 1 saturated heterocycles. The Morgan fingerprint density at radius 1 is 1.77 bits per heavy atom. The Morgan fingerprint density at radius 3 is 3.00 bits per heavy atom. The summed E-state index contributed by atoms with van der Waals surface area (Å²) in [6.45, 7) is 3.51. The van der Waals surface area contributed by atoms with Gasteiger partial charge in [0.25, 0.3) is 0 Å². The molecule has 5 heteroatoms. The van der Waals surface area contributed by atoms with E-state index in [-0.39, 0.29) is 5.91 Å². The third-order valence-electron chi connectivity index (χ3n) is 1.98. The molecule has 0 radical (unpaired) electrons. The Labute approximate surface area is 76.7 Å². The molecular formula is C8H14N2O3. The molecule has 1 aliphatic heterocycles. The number of hydrogen-bond donors (Lipinski definition) is 2. The van der Waals surface area contributed by atoms with Crippen LogP contribution in [0.2, 0.25) is 0 Å². The van der Waals surface area contributed by atoms with Crippen LogP contribution in [-0.2, 0) is 9.59 Å². The minimum atomic E-state index is -0.964. The zero-order valence-corrected chi connectivity index (χ0v) is 7.62. The molecule has 1 rings (SSSR count). The van der Waals surface area contributed by atoms with Crippen LogP contribution in [0.3, 0.4) is 0 Å². The zero-order valence-electron chi connectivity index (χ0n) is 7.62. The maximum Gasteiger partial charge on any atom is 0.327 e. The number of nitrogens with zero attached hydrogens (tertiary/aromatic N) is 1. The topological polar surface area (TPSA) is 69.6 Å². The van der Waals surface area contributed by atoms with Crippen LogP contribution in [0.5, 0.6) is 0 Å². The number of piperazine rings is 1. The summed E-state index contributed by atoms with van der Waals surface area (Å²) in [6.07, 6.45) is 0.930. The van der Waals surface area contributed by atoms with Crippen molar-refractivity contribution in [2.75, 3.05) is 19.6 Å². The lowest BCUT2D eigenvalue weighted by Gasteiger charge is -2.30. The molecule has 0 saturated carbocycles. The minimum absolute atomic E-state index is 0.202. The number of carbonyl (C=O) groups is 2. The van der Waals surface area contributed by atoms with Gasteiger partial charge in [-0.15, -0.1) is 0 Å². The van der Waals surface area contributed by atoms with Gasteiger partial charge in [0.2, 0.25) is 5.91 Å². The monoisotopic (exact) mass is 186 g/mol. The quantitative estimate of drug-likeness (QED) is 0.610. The van der Waals surface area contributed by atoms with Crippen molar-refractivity contribution < 1.29 is 14.7 Å². The van der Waals surface area contributed by atoms with Gasteiger partial charge in [0.1, 0.15) is 6.04 Å². The summed E-state index contributed by atoms with van der Waals surface area (Å²) >= 11 is 0. The molecule has 1 heterocycles. The third-order valence-corrected chi connectivity index (χ3v) is 1.98. The second kappa shape index (κ2) is 4.23. The number of amides is 1. The molecule has 74 valence electrons. The molecule has 1 unspecified atom stereocenters. The highest BCUT2D eigenvalue weighted by atomic mass is 16.4. The zero-order chi connectivity index (χ0) is 9.84. The first-order chi connectivity index (χ1) is 6.13. The molecule has 1 atom stereocenters.